The minimum absolute atomic E-state index is 0.557. The third-order valence-electron chi connectivity index (χ3n) is 2.12. The molecule has 0 saturated carbocycles. The zero-order valence-electron chi connectivity index (χ0n) is 6.10. The fourth-order valence-electron chi connectivity index (χ4n) is 1.48. The Morgan fingerprint density at radius 1 is 1.64 bits per heavy atom. The summed E-state index contributed by atoms with van der Waals surface area (Å²) < 4.78 is 0. The molecule has 1 atom stereocenters. The molecule has 2 N–H and O–H groups in total. The number of aromatic amines is 1. The third-order valence-corrected chi connectivity index (χ3v) is 2.42. The minimum atomic E-state index is 0.557. The van der Waals surface area contributed by atoms with Crippen LogP contribution < -0.4 is 5.32 Å². The van der Waals surface area contributed by atoms with Gasteiger partial charge < -0.3 is 5.32 Å². The van der Waals surface area contributed by atoms with Crippen molar-refractivity contribution in [3.8, 4) is 0 Å². The highest BCUT2D eigenvalue weighted by Crippen LogP contribution is 2.26. The van der Waals surface area contributed by atoms with E-state index in [2.05, 4.69) is 15.5 Å². The second-order valence-electron chi connectivity index (χ2n) is 2.83. The quantitative estimate of drug-likeness (QED) is 0.666. The summed E-state index contributed by atoms with van der Waals surface area (Å²) in [6.07, 6.45) is 2.99. The van der Waals surface area contributed by atoms with E-state index in [4.69, 9.17) is 11.6 Å². The molecule has 1 aromatic rings. The lowest BCUT2D eigenvalue weighted by Gasteiger charge is -2.03. The summed E-state index contributed by atoms with van der Waals surface area (Å²) in [5, 5.41) is 10.6. The first-order valence-electron chi connectivity index (χ1n) is 3.77. The molecule has 3 nitrogen and oxygen atoms in total. The zero-order chi connectivity index (χ0) is 7.68. The van der Waals surface area contributed by atoms with Crippen LogP contribution in [0.1, 0.15) is 17.9 Å². The summed E-state index contributed by atoms with van der Waals surface area (Å²) in [4.78, 5) is 0. The maximum Gasteiger partial charge on any atom is 0.127 e. The van der Waals surface area contributed by atoms with E-state index in [1.54, 1.807) is 0 Å². The van der Waals surface area contributed by atoms with Crippen LogP contribution in [-0.2, 0) is 0 Å². The molecule has 1 saturated heterocycles. The second-order valence-corrected chi connectivity index (χ2v) is 3.21. The van der Waals surface area contributed by atoms with Crippen molar-refractivity contribution < 1.29 is 0 Å². The number of nitrogens with one attached hydrogen (secondary N) is 2. The lowest BCUT2D eigenvalue weighted by atomic mass is 10.0. The Bertz CT molecular complexity index is 240. The molecule has 60 valence electrons. The number of H-pyrrole nitrogens is 1. The van der Waals surface area contributed by atoms with Gasteiger partial charge >= 0.3 is 0 Å². The molecule has 1 unspecified atom stereocenters. The van der Waals surface area contributed by atoms with Gasteiger partial charge in [-0.2, -0.15) is 5.10 Å². The maximum absolute atomic E-state index is 5.87. The predicted octanol–water partition coefficient (Wildman–Crippen LogP) is 1.14. The van der Waals surface area contributed by atoms with Gasteiger partial charge in [-0.1, -0.05) is 11.6 Å². The van der Waals surface area contributed by atoms with Crippen LogP contribution in [-0.4, -0.2) is 23.3 Å². The first kappa shape index (κ1) is 7.13. The SMILES string of the molecule is Clc1[nH]ncc1C1CCNC1. The Kier molecular flexibility index (Phi) is 1.84. The molecule has 1 aliphatic heterocycles. The van der Waals surface area contributed by atoms with E-state index >= 15 is 0 Å². The smallest absolute Gasteiger partial charge is 0.127 e. The Morgan fingerprint density at radius 3 is 3.09 bits per heavy atom. The van der Waals surface area contributed by atoms with E-state index in [1.165, 1.54) is 6.42 Å². The van der Waals surface area contributed by atoms with E-state index in [-0.39, 0.29) is 0 Å². The fourth-order valence-corrected chi connectivity index (χ4v) is 1.74. The Balaban J connectivity index is 2.21. The normalized spacial score (nSPS) is 24.3. The third kappa shape index (κ3) is 1.26. The molecule has 1 aliphatic rings. The van der Waals surface area contributed by atoms with E-state index < -0.39 is 0 Å². The first-order valence-corrected chi connectivity index (χ1v) is 4.15. The van der Waals surface area contributed by atoms with E-state index in [1.807, 2.05) is 6.20 Å². The summed E-state index contributed by atoms with van der Waals surface area (Å²) in [5.41, 5.74) is 1.15. The molecule has 2 rings (SSSR count). The first-order chi connectivity index (χ1) is 5.38. The van der Waals surface area contributed by atoms with Crippen molar-refractivity contribution in [1.29, 1.82) is 0 Å². The molecular weight excluding hydrogens is 162 g/mol. The number of aromatic nitrogens is 2. The highest BCUT2D eigenvalue weighted by Gasteiger charge is 2.19. The second kappa shape index (κ2) is 2.83. The van der Waals surface area contributed by atoms with Gasteiger partial charge in [0.2, 0.25) is 0 Å². The number of hydrogen-bond donors (Lipinski definition) is 2. The molecule has 0 aromatic carbocycles. The van der Waals surface area contributed by atoms with Crippen molar-refractivity contribution in [1.82, 2.24) is 15.5 Å². The summed E-state index contributed by atoms with van der Waals surface area (Å²) in [5.74, 6) is 0.557. The molecule has 0 spiro atoms. The average molecular weight is 172 g/mol. The van der Waals surface area contributed by atoms with Crippen LogP contribution in [0.5, 0.6) is 0 Å². The molecule has 2 heterocycles. The van der Waals surface area contributed by atoms with E-state index in [0.717, 1.165) is 18.7 Å². The molecular formula is C7H10ClN3. The fraction of sp³-hybridized carbons (Fsp3) is 0.571. The van der Waals surface area contributed by atoms with Crippen LogP contribution in [0.4, 0.5) is 0 Å². The topological polar surface area (TPSA) is 40.7 Å². The standard InChI is InChI=1S/C7H10ClN3/c8-7-6(4-10-11-7)5-1-2-9-3-5/h4-5,9H,1-3H2,(H,10,11). The van der Waals surface area contributed by atoms with Crippen LogP contribution in [0.15, 0.2) is 6.20 Å². The summed E-state index contributed by atoms with van der Waals surface area (Å²) in [6, 6.07) is 0. The molecule has 0 aliphatic carbocycles. The molecule has 11 heavy (non-hydrogen) atoms. The molecule has 0 amide bonds. The van der Waals surface area contributed by atoms with Gasteiger partial charge in [0.05, 0.1) is 6.20 Å². The lowest BCUT2D eigenvalue weighted by molar-refractivity contribution is 0.764. The molecule has 1 aromatic heterocycles. The lowest BCUT2D eigenvalue weighted by Crippen LogP contribution is -2.07. The van der Waals surface area contributed by atoms with Crippen molar-refractivity contribution >= 4 is 11.6 Å². The summed E-state index contributed by atoms with van der Waals surface area (Å²) in [7, 11) is 0. The Labute approximate surface area is 70.1 Å². The van der Waals surface area contributed by atoms with Crippen molar-refractivity contribution in [3.63, 3.8) is 0 Å². The van der Waals surface area contributed by atoms with Gasteiger partial charge in [-0.25, -0.2) is 0 Å². The largest absolute Gasteiger partial charge is 0.316 e. The van der Waals surface area contributed by atoms with E-state index in [0.29, 0.717) is 11.1 Å². The average Bonchev–Trinajstić information content (AvgIpc) is 2.55. The summed E-state index contributed by atoms with van der Waals surface area (Å²) in [6.45, 7) is 2.12. The highest BCUT2D eigenvalue weighted by atomic mass is 35.5. The van der Waals surface area contributed by atoms with Gasteiger partial charge in [0.15, 0.2) is 0 Å². The minimum Gasteiger partial charge on any atom is -0.316 e. The monoisotopic (exact) mass is 171 g/mol. The van der Waals surface area contributed by atoms with Crippen LogP contribution in [0.2, 0.25) is 5.15 Å². The molecule has 0 radical (unpaired) electrons. The summed E-state index contributed by atoms with van der Waals surface area (Å²) >= 11 is 5.87. The van der Waals surface area contributed by atoms with Crippen molar-refractivity contribution in [2.24, 2.45) is 0 Å². The van der Waals surface area contributed by atoms with Gasteiger partial charge in [0.1, 0.15) is 5.15 Å². The van der Waals surface area contributed by atoms with Gasteiger partial charge in [-0.15, -0.1) is 0 Å². The molecule has 4 heteroatoms. The Morgan fingerprint density at radius 2 is 2.55 bits per heavy atom. The zero-order valence-corrected chi connectivity index (χ0v) is 6.86. The van der Waals surface area contributed by atoms with Crippen LogP contribution >= 0.6 is 11.6 Å². The van der Waals surface area contributed by atoms with Crippen LogP contribution in [0.3, 0.4) is 0 Å². The molecule has 1 fully saturated rings. The van der Waals surface area contributed by atoms with Gasteiger partial charge in [-0.05, 0) is 13.0 Å². The van der Waals surface area contributed by atoms with Crippen molar-refractivity contribution in [2.75, 3.05) is 13.1 Å². The highest BCUT2D eigenvalue weighted by molar-refractivity contribution is 6.30. The number of nitrogens with zero attached hydrogens (tertiary/aromatic N) is 1. The van der Waals surface area contributed by atoms with Crippen molar-refractivity contribution in [3.05, 3.63) is 16.9 Å². The van der Waals surface area contributed by atoms with Crippen LogP contribution in [0.25, 0.3) is 0 Å². The van der Waals surface area contributed by atoms with E-state index in [9.17, 15) is 0 Å². The Hall–Kier alpha value is -0.540. The van der Waals surface area contributed by atoms with Gasteiger partial charge in [0.25, 0.3) is 0 Å². The number of halogens is 1. The molecule has 0 bridgehead atoms. The van der Waals surface area contributed by atoms with Gasteiger partial charge in [-0.3, -0.25) is 5.10 Å². The van der Waals surface area contributed by atoms with Crippen LogP contribution in [0, 0.1) is 0 Å². The maximum atomic E-state index is 5.87. The number of rotatable bonds is 1. The van der Waals surface area contributed by atoms with Crippen molar-refractivity contribution in [2.45, 2.75) is 12.3 Å². The van der Waals surface area contributed by atoms with Gasteiger partial charge in [0, 0.05) is 18.0 Å². The number of hydrogen-bond acceptors (Lipinski definition) is 2. The predicted molar refractivity (Wildman–Crippen MR) is 43.8 cm³/mol.